The van der Waals surface area contributed by atoms with E-state index in [1.54, 1.807) is 0 Å². The van der Waals surface area contributed by atoms with E-state index in [0.29, 0.717) is 0 Å². The van der Waals surface area contributed by atoms with Crippen molar-refractivity contribution in [2.24, 2.45) is 5.92 Å². The van der Waals surface area contributed by atoms with Crippen molar-refractivity contribution in [2.75, 3.05) is 13.1 Å². The zero-order valence-corrected chi connectivity index (χ0v) is 11.1. The van der Waals surface area contributed by atoms with Crippen LogP contribution in [0.2, 0.25) is 0 Å². The van der Waals surface area contributed by atoms with Crippen molar-refractivity contribution in [3.63, 3.8) is 0 Å². The van der Waals surface area contributed by atoms with E-state index in [0.717, 1.165) is 25.9 Å². The van der Waals surface area contributed by atoms with Gasteiger partial charge in [0.05, 0.1) is 12.0 Å². The van der Waals surface area contributed by atoms with Crippen LogP contribution < -0.4 is 5.32 Å². The topological polar surface area (TPSA) is 35.8 Å². The van der Waals surface area contributed by atoms with Crippen LogP contribution in [-0.4, -0.2) is 13.1 Å². The molecule has 0 saturated carbocycles. The summed E-state index contributed by atoms with van der Waals surface area (Å²) in [7, 11) is 0. The fraction of sp³-hybridized carbons (Fsp3) is 0.533. The van der Waals surface area contributed by atoms with Gasteiger partial charge in [0, 0.05) is 6.54 Å². The molecule has 2 nitrogen and oxygen atoms in total. The lowest BCUT2D eigenvalue weighted by molar-refractivity contribution is 0.554. The summed E-state index contributed by atoms with van der Waals surface area (Å²) < 4.78 is 0. The van der Waals surface area contributed by atoms with Crippen LogP contribution in [0.3, 0.4) is 0 Å². The van der Waals surface area contributed by atoms with Crippen molar-refractivity contribution >= 4 is 0 Å². The molecule has 0 aliphatic heterocycles. The minimum atomic E-state index is 0.147. The molecule has 0 aliphatic carbocycles. The summed E-state index contributed by atoms with van der Waals surface area (Å²) in [5.74, 6) is 0.147. The van der Waals surface area contributed by atoms with Gasteiger partial charge in [-0.05, 0) is 44.4 Å². The molecule has 1 rings (SSSR count). The second kappa shape index (κ2) is 7.09. The maximum Gasteiger partial charge on any atom is 0.0669 e. The summed E-state index contributed by atoms with van der Waals surface area (Å²) in [5, 5.41) is 12.2. The van der Waals surface area contributed by atoms with Crippen molar-refractivity contribution < 1.29 is 0 Å². The Hall–Kier alpha value is -1.33. The highest BCUT2D eigenvalue weighted by atomic mass is 14.8. The van der Waals surface area contributed by atoms with Gasteiger partial charge in [-0.3, -0.25) is 0 Å². The zero-order valence-electron chi connectivity index (χ0n) is 11.1. The zero-order chi connectivity index (χ0) is 12.7. The molecule has 0 amide bonds. The lowest BCUT2D eigenvalue weighted by atomic mass is 10.0. The van der Waals surface area contributed by atoms with Gasteiger partial charge in [-0.2, -0.15) is 5.26 Å². The summed E-state index contributed by atoms with van der Waals surface area (Å²) in [6, 6.07) is 8.88. The van der Waals surface area contributed by atoms with Crippen LogP contribution in [0, 0.1) is 31.1 Å². The average molecular weight is 230 g/mol. The first-order valence-electron chi connectivity index (χ1n) is 6.33. The van der Waals surface area contributed by atoms with Gasteiger partial charge in [0.1, 0.15) is 0 Å². The van der Waals surface area contributed by atoms with E-state index in [1.807, 2.05) is 0 Å². The maximum absolute atomic E-state index is 8.83. The summed E-state index contributed by atoms with van der Waals surface area (Å²) in [5.41, 5.74) is 4.07. The van der Waals surface area contributed by atoms with Crippen molar-refractivity contribution in [3.05, 3.63) is 34.9 Å². The molecule has 2 heteroatoms. The molecule has 0 fully saturated rings. The molecule has 1 N–H and O–H groups in total. The third-order valence-electron chi connectivity index (χ3n) is 3.14. The molecule has 0 saturated heterocycles. The van der Waals surface area contributed by atoms with Crippen molar-refractivity contribution in [3.8, 4) is 6.07 Å². The Balaban J connectivity index is 2.36. The van der Waals surface area contributed by atoms with E-state index < -0.39 is 0 Å². The summed E-state index contributed by atoms with van der Waals surface area (Å²) in [6.07, 6.45) is 1.96. The van der Waals surface area contributed by atoms with E-state index >= 15 is 0 Å². The van der Waals surface area contributed by atoms with Gasteiger partial charge in [0.15, 0.2) is 0 Å². The molecule has 17 heavy (non-hydrogen) atoms. The summed E-state index contributed by atoms with van der Waals surface area (Å²) in [4.78, 5) is 0. The highest BCUT2D eigenvalue weighted by Crippen LogP contribution is 2.10. The van der Waals surface area contributed by atoms with E-state index in [4.69, 9.17) is 5.26 Å². The van der Waals surface area contributed by atoms with Crippen LogP contribution in [0.4, 0.5) is 0 Å². The van der Waals surface area contributed by atoms with Crippen molar-refractivity contribution in [1.82, 2.24) is 5.32 Å². The predicted octanol–water partition coefficient (Wildman–Crippen LogP) is 2.99. The number of benzene rings is 1. The van der Waals surface area contributed by atoms with Gasteiger partial charge < -0.3 is 5.32 Å². The van der Waals surface area contributed by atoms with E-state index in [2.05, 4.69) is 50.4 Å². The Labute approximate surface area is 105 Å². The molecule has 1 atom stereocenters. The first-order valence-corrected chi connectivity index (χ1v) is 6.33. The third kappa shape index (κ3) is 4.58. The van der Waals surface area contributed by atoms with E-state index in [9.17, 15) is 0 Å². The van der Waals surface area contributed by atoms with Crippen molar-refractivity contribution in [2.45, 2.75) is 33.6 Å². The molecular formula is C15H22N2. The normalized spacial score (nSPS) is 12.1. The Morgan fingerprint density at radius 3 is 2.76 bits per heavy atom. The standard InChI is InChI=1S/C15H22N2/c1-4-14(10-16)11-17-8-7-15-9-12(2)5-6-13(15)3/h5-6,9,14,17H,4,7-8,11H2,1-3H3. The van der Waals surface area contributed by atoms with Crippen LogP contribution in [0.15, 0.2) is 18.2 Å². The van der Waals surface area contributed by atoms with Gasteiger partial charge in [-0.15, -0.1) is 0 Å². The second-order valence-electron chi connectivity index (χ2n) is 4.62. The number of nitrogens with one attached hydrogen (secondary N) is 1. The number of rotatable bonds is 6. The Morgan fingerprint density at radius 2 is 2.12 bits per heavy atom. The van der Waals surface area contributed by atoms with Gasteiger partial charge in [-0.1, -0.05) is 30.7 Å². The smallest absolute Gasteiger partial charge is 0.0669 e. The molecule has 0 bridgehead atoms. The molecule has 0 heterocycles. The monoisotopic (exact) mass is 230 g/mol. The average Bonchev–Trinajstić information content (AvgIpc) is 2.33. The fourth-order valence-electron chi connectivity index (χ4n) is 1.85. The van der Waals surface area contributed by atoms with Gasteiger partial charge in [0.25, 0.3) is 0 Å². The Morgan fingerprint density at radius 1 is 1.35 bits per heavy atom. The largest absolute Gasteiger partial charge is 0.315 e. The van der Waals surface area contributed by atoms with E-state index in [1.165, 1.54) is 16.7 Å². The minimum Gasteiger partial charge on any atom is -0.315 e. The number of hydrogen-bond acceptors (Lipinski definition) is 2. The highest BCUT2D eigenvalue weighted by Gasteiger charge is 2.03. The van der Waals surface area contributed by atoms with Gasteiger partial charge >= 0.3 is 0 Å². The molecule has 0 radical (unpaired) electrons. The third-order valence-corrected chi connectivity index (χ3v) is 3.14. The molecule has 0 aliphatic rings. The van der Waals surface area contributed by atoms with Crippen molar-refractivity contribution in [1.29, 1.82) is 5.26 Å². The molecular weight excluding hydrogens is 208 g/mol. The molecule has 1 aromatic rings. The number of aryl methyl sites for hydroxylation is 2. The predicted molar refractivity (Wildman–Crippen MR) is 71.9 cm³/mol. The first kappa shape index (κ1) is 13.7. The number of hydrogen-bond donors (Lipinski definition) is 1. The van der Waals surface area contributed by atoms with Gasteiger partial charge in [-0.25, -0.2) is 0 Å². The minimum absolute atomic E-state index is 0.147. The first-order chi connectivity index (χ1) is 8.17. The lowest BCUT2D eigenvalue weighted by Gasteiger charge is -2.10. The molecule has 0 spiro atoms. The quantitative estimate of drug-likeness (QED) is 0.763. The molecule has 0 aromatic heterocycles. The lowest BCUT2D eigenvalue weighted by Crippen LogP contribution is -2.24. The molecule has 1 aromatic carbocycles. The van der Waals surface area contributed by atoms with Crippen LogP contribution in [0.5, 0.6) is 0 Å². The Bertz CT molecular complexity index is 390. The SMILES string of the molecule is CCC(C#N)CNCCc1cc(C)ccc1C. The van der Waals surface area contributed by atoms with E-state index in [-0.39, 0.29) is 5.92 Å². The highest BCUT2D eigenvalue weighted by molar-refractivity contribution is 5.30. The number of nitrogens with zero attached hydrogens (tertiary/aromatic N) is 1. The maximum atomic E-state index is 8.83. The second-order valence-corrected chi connectivity index (χ2v) is 4.62. The summed E-state index contributed by atoms with van der Waals surface area (Å²) >= 11 is 0. The van der Waals surface area contributed by atoms with Crippen LogP contribution in [0.25, 0.3) is 0 Å². The molecule has 92 valence electrons. The van der Waals surface area contributed by atoms with Gasteiger partial charge in [0.2, 0.25) is 0 Å². The molecule has 1 unspecified atom stereocenters. The van der Waals surface area contributed by atoms with Crippen LogP contribution in [-0.2, 0) is 6.42 Å². The van der Waals surface area contributed by atoms with Crippen LogP contribution in [0.1, 0.15) is 30.0 Å². The number of nitriles is 1. The Kier molecular flexibility index (Phi) is 5.72. The fourth-order valence-corrected chi connectivity index (χ4v) is 1.85. The summed E-state index contributed by atoms with van der Waals surface area (Å²) in [6.45, 7) is 8.08. The van der Waals surface area contributed by atoms with Crippen LogP contribution >= 0.6 is 0 Å².